The van der Waals surface area contributed by atoms with Crippen molar-refractivity contribution in [3.05, 3.63) is 59.1 Å². The van der Waals surface area contributed by atoms with E-state index >= 15 is 0 Å². The Morgan fingerprint density at radius 2 is 2.11 bits per heavy atom. The number of hydrogen-bond acceptors (Lipinski definition) is 5. The Kier molecular flexibility index (Phi) is 6.54. The molecule has 2 heterocycles. The number of pyridine rings is 1. The number of nitrogens with zero attached hydrogens (tertiary/aromatic N) is 3. The second kappa shape index (κ2) is 9.27. The lowest BCUT2D eigenvalue weighted by atomic mass is 10.1. The predicted molar refractivity (Wildman–Crippen MR) is 109 cm³/mol. The zero-order chi connectivity index (χ0) is 19.9. The van der Waals surface area contributed by atoms with E-state index in [1.165, 1.54) is 0 Å². The number of ether oxygens (including phenoxy) is 1. The molecule has 0 radical (unpaired) electrons. The smallest absolute Gasteiger partial charge is 0.222 e. The number of nitrogens with one attached hydrogen (secondary N) is 2. The first-order valence-electron chi connectivity index (χ1n) is 9.16. The number of aromatic amines is 1. The third-order valence-corrected chi connectivity index (χ3v) is 4.62. The minimum absolute atomic E-state index is 0.0582. The van der Waals surface area contributed by atoms with E-state index in [0.717, 1.165) is 16.9 Å². The lowest BCUT2D eigenvalue weighted by Gasteiger charge is -2.14. The Morgan fingerprint density at radius 3 is 2.79 bits per heavy atom. The minimum Gasteiger partial charge on any atom is -0.494 e. The fourth-order valence-corrected chi connectivity index (χ4v) is 3.08. The highest BCUT2D eigenvalue weighted by molar-refractivity contribution is 7.71. The number of carbonyl (C=O) groups is 1. The molecule has 0 saturated heterocycles. The third-order valence-electron chi connectivity index (χ3n) is 4.31. The van der Waals surface area contributed by atoms with Crippen LogP contribution in [0.4, 0.5) is 0 Å². The van der Waals surface area contributed by atoms with Gasteiger partial charge in [0.05, 0.1) is 12.6 Å². The molecule has 0 fully saturated rings. The lowest BCUT2D eigenvalue weighted by molar-refractivity contribution is -0.121. The molecule has 146 valence electrons. The van der Waals surface area contributed by atoms with Crippen LogP contribution in [0.1, 0.15) is 31.9 Å². The predicted octanol–water partition coefficient (Wildman–Crippen LogP) is 3.67. The molecule has 2 N–H and O–H groups in total. The summed E-state index contributed by atoms with van der Waals surface area (Å²) >= 11 is 5.34. The minimum atomic E-state index is -0.107. The molecular formula is C20H23N5O2S. The maximum atomic E-state index is 12.4. The van der Waals surface area contributed by atoms with Crippen molar-refractivity contribution in [2.24, 2.45) is 0 Å². The average Bonchev–Trinajstić information content (AvgIpc) is 3.08. The number of hydrogen-bond donors (Lipinski definition) is 2. The van der Waals surface area contributed by atoms with E-state index in [1.807, 2.05) is 54.8 Å². The fourth-order valence-electron chi connectivity index (χ4n) is 2.85. The van der Waals surface area contributed by atoms with Crippen LogP contribution in [0.25, 0.3) is 11.4 Å². The van der Waals surface area contributed by atoms with Crippen LogP contribution in [0, 0.1) is 4.77 Å². The zero-order valence-electron chi connectivity index (χ0n) is 15.9. The highest BCUT2D eigenvalue weighted by Crippen LogP contribution is 2.21. The van der Waals surface area contributed by atoms with E-state index in [1.54, 1.807) is 12.4 Å². The van der Waals surface area contributed by atoms with Gasteiger partial charge in [0.1, 0.15) is 5.75 Å². The molecule has 2 aromatic heterocycles. The molecule has 1 amide bonds. The maximum absolute atomic E-state index is 12.4. The molecule has 8 heteroatoms. The molecule has 3 rings (SSSR count). The molecule has 7 nitrogen and oxygen atoms in total. The summed E-state index contributed by atoms with van der Waals surface area (Å²) in [5, 5.41) is 10.1. The Bertz CT molecular complexity index is 966. The summed E-state index contributed by atoms with van der Waals surface area (Å²) in [6.07, 6.45) is 3.75. The normalized spacial score (nSPS) is 11.8. The number of aromatic nitrogens is 4. The van der Waals surface area contributed by atoms with Crippen LogP contribution in [0.5, 0.6) is 5.75 Å². The first kappa shape index (κ1) is 19.8. The third kappa shape index (κ3) is 4.83. The van der Waals surface area contributed by atoms with Gasteiger partial charge in [0.2, 0.25) is 5.91 Å². The quantitative estimate of drug-likeness (QED) is 0.567. The van der Waals surface area contributed by atoms with Gasteiger partial charge in [0.25, 0.3) is 0 Å². The van der Waals surface area contributed by atoms with Gasteiger partial charge in [-0.05, 0) is 62.0 Å². The summed E-state index contributed by atoms with van der Waals surface area (Å²) in [6, 6.07) is 11.3. The monoisotopic (exact) mass is 397 g/mol. The second-order valence-corrected chi connectivity index (χ2v) is 6.67. The zero-order valence-corrected chi connectivity index (χ0v) is 16.7. The first-order chi connectivity index (χ1) is 13.6. The van der Waals surface area contributed by atoms with Crippen molar-refractivity contribution < 1.29 is 9.53 Å². The van der Waals surface area contributed by atoms with Crippen LogP contribution in [0.3, 0.4) is 0 Å². The summed E-state index contributed by atoms with van der Waals surface area (Å²) in [5.41, 5.74) is 1.87. The van der Waals surface area contributed by atoms with Gasteiger partial charge in [0, 0.05) is 30.9 Å². The molecule has 0 saturated carbocycles. The number of rotatable bonds is 8. The first-order valence-corrected chi connectivity index (χ1v) is 9.57. The van der Waals surface area contributed by atoms with E-state index in [4.69, 9.17) is 17.0 Å². The Hall–Kier alpha value is -3.00. The van der Waals surface area contributed by atoms with Crippen LogP contribution in [0.2, 0.25) is 0 Å². The number of H-pyrrole nitrogens is 1. The van der Waals surface area contributed by atoms with E-state index in [2.05, 4.69) is 20.5 Å². The van der Waals surface area contributed by atoms with Gasteiger partial charge in [-0.2, -0.15) is 5.10 Å². The number of carbonyl (C=O) groups excluding carboxylic acids is 1. The van der Waals surface area contributed by atoms with Crippen molar-refractivity contribution in [3.8, 4) is 17.1 Å². The van der Waals surface area contributed by atoms with Gasteiger partial charge >= 0.3 is 0 Å². The van der Waals surface area contributed by atoms with E-state index in [9.17, 15) is 4.79 Å². The standard InChI is InChI=1S/C20H23N5O2S/c1-3-27-17-8-6-15(7-9-17)19-23-24-20(28)25(19)12-10-18(26)22-14(2)16-5-4-11-21-13-16/h4-9,11,13-14H,3,10,12H2,1-2H3,(H,22,26)(H,24,28). The summed E-state index contributed by atoms with van der Waals surface area (Å²) in [7, 11) is 0. The molecule has 1 atom stereocenters. The highest BCUT2D eigenvalue weighted by atomic mass is 32.1. The van der Waals surface area contributed by atoms with Crippen molar-refractivity contribution in [1.82, 2.24) is 25.1 Å². The van der Waals surface area contributed by atoms with E-state index in [-0.39, 0.29) is 11.9 Å². The molecule has 0 aliphatic carbocycles. The molecule has 3 aromatic rings. The summed E-state index contributed by atoms with van der Waals surface area (Å²) in [6.45, 7) is 4.93. The molecule has 0 aliphatic rings. The summed E-state index contributed by atoms with van der Waals surface area (Å²) in [5.74, 6) is 1.44. The SMILES string of the molecule is CCOc1ccc(-c2n[nH]c(=S)n2CCC(=O)NC(C)c2cccnc2)cc1. The molecule has 28 heavy (non-hydrogen) atoms. The molecular weight excluding hydrogens is 374 g/mol. The van der Waals surface area contributed by atoms with Gasteiger partial charge in [-0.3, -0.25) is 19.4 Å². The van der Waals surface area contributed by atoms with Crippen molar-refractivity contribution >= 4 is 18.1 Å². The van der Waals surface area contributed by atoms with Crippen LogP contribution in [0.15, 0.2) is 48.8 Å². The Balaban J connectivity index is 1.65. The largest absolute Gasteiger partial charge is 0.494 e. The Labute approximate surface area is 168 Å². The van der Waals surface area contributed by atoms with Gasteiger partial charge in [-0.1, -0.05) is 6.07 Å². The maximum Gasteiger partial charge on any atom is 0.222 e. The van der Waals surface area contributed by atoms with Crippen molar-refractivity contribution in [2.45, 2.75) is 32.9 Å². The van der Waals surface area contributed by atoms with Gasteiger partial charge in [0.15, 0.2) is 10.6 Å². The van der Waals surface area contributed by atoms with Crippen LogP contribution in [-0.2, 0) is 11.3 Å². The van der Waals surface area contributed by atoms with Gasteiger partial charge in [-0.25, -0.2) is 0 Å². The second-order valence-electron chi connectivity index (χ2n) is 6.29. The van der Waals surface area contributed by atoms with Crippen LogP contribution in [-0.4, -0.2) is 32.3 Å². The van der Waals surface area contributed by atoms with Crippen molar-refractivity contribution in [2.75, 3.05) is 6.61 Å². The molecule has 0 spiro atoms. The van der Waals surface area contributed by atoms with Crippen molar-refractivity contribution in [3.63, 3.8) is 0 Å². The molecule has 1 unspecified atom stereocenters. The van der Waals surface area contributed by atoms with Gasteiger partial charge in [-0.15, -0.1) is 0 Å². The van der Waals surface area contributed by atoms with Crippen LogP contribution >= 0.6 is 12.2 Å². The molecule has 0 aliphatic heterocycles. The average molecular weight is 398 g/mol. The van der Waals surface area contributed by atoms with Crippen molar-refractivity contribution in [1.29, 1.82) is 0 Å². The topological polar surface area (TPSA) is 84.8 Å². The fraction of sp³-hybridized carbons (Fsp3) is 0.300. The summed E-state index contributed by atoms with van der Waals surface area (Å²) in [4.78, 5) is 16.5. The highest BCUT2D eigenvalue weighted by Gasteiger charge is 2.13. The Morgan fingerprint density at radius 1 is 1.32 bits per heavy atom. The van der Waals surface area contributed by atoms with Gasteiger partial charge < -0.3 is 10.1 Å². The number of benzene rings is 1. The van der Waals surface area contributed by atoms with E-state index in [0.29, 0.717) is 30.2 Å². The number of amides is 1. The molecule has 0 bridgehead atoms. The molecule has 1 aromatic carbocycles. The van der Waals surface area contributed by atoms with Crippen LogP contribution < -0.4 is 10.1 Å². The van der Waals surface area contributed by atoms with E-state index < -0.39 is 0 Å². The lowest BCUT2D eigenvalue weighted by Crippen LogP contribution is -2.27. The summed E-state index contributed by atoms with van der Waals surface area (Å²) < 4.78 is 7.79.